The molecule has 0 aliphatic heterocycles. The predicted molar refractivity (Wildman–Crippen MR) is 81.2 cm³/mol. The van der Waals surface area contributed by atoms with Crippen molar-refractivity contribution in [1.29, 1.82) is 0 Å². The molecule has 0 radical (unpaired) electrons. The molecule has 0 aliphatic carbocycles. The number of carboxylic acid groups (broad SMARTS) is 1. The third kappa shape index (κ3) is 7.03. The number of carbonyl (C=O) groups is 1. The summed E-state index contributed by atoms with van der Waals surface area (Å²) in [5.41, 5.74) is 0. The molecule has 0 aromatic carbocycles. The number of carboxylic acids is 1. The molecule has 0 spiro atoms. The van der Waals surface area contributed by atoms with Gasteiger partial charge in [0.05, 0.1) is 12.5 Å². The molecular weight excluding hydrogens is 314 g/mol. The summed E-state index contributed by atoms with van der Waals surface area (Å²) in [5, 5.41) is 8.67. The fourth-order valence-electron chi connectivity index (χ4n) is 1.57. The number of sulfonamides is 1. The molecular formula is C13H21NO5S2. The van der Waals surface area contributed by atoms with Gasteiger partial charge in [-0.25, -0.2) is 13.1 Å². The maximum Gasteiger partial charge on any atom is 0.308 e. The highest BCUT2D eigenvalue weighted by atomic mass is 32.2. The van der Waals surface area contributed by atoms with E-state index in [9.17, 15) is 13.2 Å². The van der Waals surface area contributed by atoms with E-state index in [1.54, 1.807) is 0 Å². The average Bonchev–Trinajstić information content (AvgIpc) is 2.81. The van der Waals surface area contributed by atoms with Gasteiger partial charge in [-0.15, -0.1) is 11.3 Å². The Labute approximate surface area is 129 Å². The van der Waals surface area contributed by atoms with Crippen LogP contribution in [0.2, 0.25) is 0 Å². The lowest BCUT2D eigenvalue weighted by Crippen LogP contribution is -2.24. The topological polar surface area (TPSA) is 92.7 Å². The van der Waals surface area contributed by atoms with Crippen molar-refractivity contribution in [2.45, 2.75) is 43.4 Å². The van der Waals surface area contributed by atoms with Gasteiger partial charge >= 0.3 is 5.97 Å². The van der Waals surface area contributed by atoms with Crippen molar-refractivity contribution >= 4 is 27.3 Å². The Morgan fingerprint density at radius 3 is 2.71 bits per heavy atom. The van der Waals surface area contributed by atoms with E-state index in [-0.39, 0.29) is 16.7 Å². The van der Waals surface area contributed by atoms with Crippen molar-refractivity contribution in [2.75, 3.05) is 13.2 Å². The standard InChI is InChI=1S/C13H21NO5S2/c1-10(2)19-8-4-3-7-14-21(17,18)13-6-5-11(20-13)9-12(15)16/h5-6,10,14H,3-4,7-9H2,1-2H3,(H,15,16). The Kier molecular flexibility index (Phi) is 7.30. The highest BCUT2D eigenvalue weighted by Crippen LogP contribution is 2.21. The summed E-state index contributed by atoms with van der Waals surface area (Å²) < 4.78 is 32.0. The van der Waals surface area contributed by atoms with Crippen LogP contribution in [-0.4, -0.2) is 38.7 Å². The van der Waals surface area contributed by atoms with Crippen molar-refractivity contribution in [1.82, 2.24) is 4.72 Å². The molecule has 0 unspecified atom stereocenters. The van der Waals surface area contributed by atoms with Crippen LogP contribution in [0, 0.1) is 0 Å². The molecule has 120 valence electrons. The zero-order valence-electron chi connectivity index (χ0n) is 12.2. The maximum atomic E-state index is 12.0. The van der Waals surface area contributed by atoms with Gasteiger partial charge in [0.15, 0.2) is 0 Å². The van der Waals surface area contributed by atoms with Gasteiger partial charge in [-0.05, 0) is 38.8 Å². The predicted octanol–water partition coefficient (Wildman–Crippen LogP) is 1.86. The van der Waals surface area contributed by atoms with Crippen molar-refractivity contribution in [3.8, 4) is 0 Å². The zero-order valence-corrected chi connectivity index (χ0v) is 13.8. The van der Waals surface area contributed by atoms with Crippen molar-refractivity contribution in [2.24, 2.45) is 0 Å². The smallest absolute Gasteiger partial charge is 0.308 e. The van der Waals surface area contributed by atoms with Gasteiger partial charge in [0, 0.05) is 18.0 Å². The molecule has 0 amide bonds. The van der Waals surface area contributed by atoms with Gasteiger partial charge in [0.1, 0.15) is 4.21 Å². The molecule has 0 bridgehead atoms. The van der Waals surface area contributed by atoms with Crippen LogP contribution in [0.25, 0.3) is 0 Å². The van der Waals surface area contributed by atoms with Gasteiger partial charge in [-0.2, -0.15) is 0 Å². The number of hydrogen-bond acceptors (Lipinski definition) is 5. The first-order valence-corrected chi connectivity index (χ1v) is 9.03. The SMILES string of the molecule is CC(C)OCCCCNS(=O)(=O)c1ccc(CC(=O)O)s1. The van der Waals surface area contributed by atoms with Crippen LogP contribution in [0.4, 0.5) is 0 Å². The van der Waals surface area contributed by atoms with Gasteiger partial charge in [-0.1, -0.05) is 0 Å². The fraction of sp³-hybridized carbons (Fsp3) is 0.615. The molecule has 0 aliphatic rings. The Morgan fingerprint density at radius 2 is 2.10 bits per heavy atom. The maximum absolute atomic E-state index is 12.0. The van der Waals surface area contributed by atoms with Crippen molar-refractivity contribution in [3.05, 3.63) is 17.0 Å². The second-order valence-corrected chi connectivity index (χ2v) is 7.98. The molecule has 21 heavy (non-hydrogen) atoms. The number of ether oxygens (including phenoxy) is 1. The summed E-state index contributed by atoms with van der Waals surface area (Å²) >= 11 is 0.984. The number of hydrogen-bond donors (Lipinski definition) is 2. The van der Waals surface area contributed by atoms with Crippen LogP contribution in [-0.2, 0) is 26.0 Å². The van der Waals surface area contributed by atoms with Gasteiger partial charge < -0.3 is 9.84 Å². The summed E-state index contributed by atoms with van der Waals surface area (Å²) in [4.78, 5) is 11.1. The van der Waals surface area contributed by atoms with Crippen LogP contribution in [0.1, 0.15) is 31.6 Å². The molecule has 8 heteroatoms. The first-order valence-electron chi connectivity index (χ1n) is 6.73. The van der Waals surface area contributed by atoms with Crippen molar-refractivity contribution < 1.29 is 23.1 Å². The minimum absolute atomic E-state index is 0.150. The van der Waals surface area contributed by atoms with Crippen LogP contribution < -0.4 is 4.72 Å². The van der Waals surface area contributed by atoms with Crippen LogP contribution in [0.15, 0.2) is 16.3 Å². The van der Waals surface area contributed by atoms with Gasteiger partial charge in [-0.3, -0.25) is 4.79 Å². The van der Waals surface area contributed by atoms with Crippen molar-refractivity contribution in [3.63, 3.8) is 0 Å². The first kappa shape index (κ1) is 18.1. The Bertz CT molecular complexity index is 551. The van der Waals surface area contributed by atoms with E-state index >= 15 is 0 Å². The molecule has 1 heterocycles. The van der Waals surface area contributed by atoms with Gasteiger partial charge in [0.2, 0.25) is 10.0 Å². The first-order chi connectivity index (χ1) is 9.81. The normalized spacial score (nSPS) is 12.0. The van der Waals surface area contributed by atoms with Crippen LogP contribution in [0.3, 0.4) is 0 Å². The molecule has 0 fully saturated rings. The molecule has 0 atom stereocenters. The van der Waals surface area contributed by atoms with E-state index in [2.05, 4.69) is 4.72 Å². The lowest BCUT2D eigenvalue weighted by atomic mass is 10.3. The summed E-state index contributed by atoms with van der Waals surface area (Å²) in [5.74, 6) is -0.973. The highest BCUT2D eigenvalue weighted by Gasteiger charge is 2.16. The average molecular weight is 335 g/mol. The minimum Gasteiger partial charge on any atom is -0.481 e. The molecule has 2 N–H and O–H groups in total. The highest BCUT2D eigenvalue weighted by molar-refractivity contribution is 7.91. The molecule has 1 aromatic heterocycles. The summed E-state index contributed by atoms with van der Waals surface area (Å²) in [6, 6.07) is 2.97. The fourth-order valence-corrected chi connectivity index (χ4v) is 4.04. The Hall–Kier alpha value is -0.960. The minimum atomic E-state index is -3.54. The lowest BCUT2D eigenvalue weighted by Gasteiger charge is -2.07. The zero-order chi connectivity index (χ0) is 15.9. The Balaban J connectivity index is 2.39. The molecule has 0 saturated heterocycles. The largest absolute Gasteiger partial charge is 0.481 e. The number of rotatable bonds is 10. The number of unbranched alkanes of at least 4 members (excludes halogenated alkanes) is 1. The van der Waals surface area contributed by atoms with E-state index in [0.29, 0.717) is 24.4 Å². The second-order valence-electron chi connectivity index (χ2n) is 4.82. The van der Waals surface area contributed by atoms with E-state index < -0.39 is 16.0 Å². The summed E-state index contributed by atoms with van der Waals surface area (Å²) in [7, 11) is -3.54. The number of aliphatic carboxylic acids is 1. The molecule has 1 rings (SSSR count). The van der Waals surface area contributed by atoms with E-state index in [0.717, 1.165) is 17.8 Å². The quantitative estimate of drug-likeness (QED) is 0.637. The van der Waals surface area contributed by atoms with E-state index in [1.807, 2.05) is 13.8 Å². The van der Waals surface area contributed by atoms with Gasteiger partial charge in [0.25, 0.3) is 0 Å². The Morgan fingerprint density at radius 1 is 1.38 bits per heavy atom. The summed E-state index contributed by atoms with van der Waals surface area (Å²) in [6.07, 6.45) is 1.50. The molecule has 0 saturated carbocycles. The summed E-state index contributed by atoms with van der Waals surface area (Å²) in [6.45, 7) is 4.86. The van der Waals surface area contributed by atoms with E-state index in [1.165, 1.54) is 12.1 Å². The third-order valence-electron chi connectivity index (χ3n) is 2.54. The monoisotopic (exact) mass is 335 g/mol. The molecule has 1 aromatic rings. The lowest BCUT2D eigenvalue weighted by molar-refractivity contribution is -0.136. The third-order valence-corrected chi connectivity index (χ3v) is 5.58. The van der Waals surface area contributed by atoms with Crippen LogP contribution >= 0.6 is 11.3 Å². The number of nitrogens with one attached hydrogen (secondary N) is 1. The van der Waals surface area contributed by atoms with E-state index in [4.69, 9.17) is 9.84 Å². The van der Waals surface area contributed by atoms with Crippen LogP contribution in [0.5, 0.6) is 0 Å². The molecule has 6 nitrogen and oxygen atoms in total. The number of thiophene rings is 1. The second kappa shape index (κ2) is 8.47.